The van der Waals surface area contributed by atoms with Crippen molar-refractivity contribution in [2.75, 3.05) is 62.7 Å². The van der Waals surface area contributed by atoms with Crippen molar-refractivity contribution in [1.29, 1.82) is 0 Å². The van der Waals surface area contributed by atoms with E-state index in [0.717, 1.165) is 68.2 Å². The van der Waals surface area contributed by atoms with Crippen molar-refractivity contribution >= 4 is 61.2 Å². The van der Waals surface area contributed by atoms with E-state index >= 15 is 0 Å². The van der Waals surface area contributed by atoms with Crippen LogP contribution in [0.25, 0.3) is 16.6 Å². The Hall–Kier alpha value is -5.88. The van der Waals surface area contributed by atoms with Gasteiger partial charge in [-0.1, -0.05) is 43.2 Å². The number of aromatic nitrogens is 2. The van der Waals surface area contributed by atoms with Crippen LogP contribution in [0.2, 0.25) is 5.02 Å². The minimum atomic E-state index is -4.60. The van der Waals surface area contributed by atoms with E-state index in [-0.39, 0.29) is 34.1 Å². The normalized spacial score (nSPS) is 17.4. The van der Waals surface area contributed by atoms with Crippen molar-refractivity contribution in [1.82, 2.24) is 19.3 Å². The zero-order valence-corrected chi connectivity index (χ0v) is 36.7. The van der Waals surface area contributed by atoms with Gasteiger partial charge >= 0.3 is 0 Å². The fraction of sp³-hybridized carbons (Fsp3) is 0.378. The number of hydrogen-bond acceptors (Lipinski definition) is 13. The number of anilines is 2. The molecule has 0 saturated carbocycles. The summed E-state index contributed by atoms with van der Waals surface area (Å²) in [4.78, 5) is 45.1. The molecule has 2 N–H and O–H groups in total. The molecule has 5 aromatic rings. The van der Waals surface area contributed by atoms with Crippen LogP contribution >= 0.6 is 11.6 Å². The number of hydrogen-bond donors (Lipinski definition) is 2. The van der Waals surface area contributed by atoms with Crippen LogP contribution < -0.4 is 19.7 Å². The Labute approximate surface area is 370 Å². The van der Waals surface area contributed by atoms with E-state index in [1.807, 2.05) is 12.1 Å². The molecule has 2 saturated heterocycles. The van der Waals surface area contributed by atoms with Gasteiger partial charge in [-0.25, -0.2) is 18.1 Å². The number of ether oxygens (including phenoxy) is 2. The molecule has 2 aliphatic heterocycles. The average Bonchev–Trinajstić information content (AvgIpc) is 3.69. The van der Waals surface area contributed by atoms with Gasteiger partial charge in [-0.2, -0.15) is 4.68 Å². The molecule has 0 atom stereocenters. The predicted molar refractivity (Wildman–Crippen MR) is 242 cm³/mol. The predicted octanol–water partition coefficient (Wildman–Crippen LogP) is 8.66. The second-order valence-corrected chi connectivity index (χ2v) is 19.2. The molecular weight excluding hydrogens is 848 g/mol. The van der Waals surface area contributed by atoms with Gasteiger partial charge in [0.2, 0.25) is 0 Å². The Morgan fingerprint density at radius 3 is 2.52 bits per heavy atom. The molecule has 8 rings (SSSR count). The number of carbonyl (C=O) groups excluding carboxylic acids is 1. The first-order valence-corrected chi connectivity index (χ1v) is 22.9. The molecule has 0 unspecified atom stereocenters. The van der Waals surface area contributed by atoms with Crippen LogP contribution in [0.4, 0.5) is 17.1 Å². The minimum Gasteiger partial charge on any atom is -0.455 e. The van der Waals surface area contributed by atoms with Crippen LogP contribution in [0.1, 0.15) is 61.9 Å². The quantitative estimate of drug-likeness (QED) is 0.0614. The standard InChI is InChI=1S/C45H49ClN8O8S/c1-45(2)15-11-33(39(26-45)31-3-5-34(46)6-4-31)29-51-17-19-52(20-18-51)35-7-9-38(42(24-35)62-36-23-32-12-16-53(50-56)43(32)48-28-36)44(55)49-63(59,60)37-8-10-40(41(25-37)54(57)58)47-27-30-13-21-61-22-14-30/h3-10,12,16,23-25,28,30,47H,11,13-15,17-22,26-27,29H2,1-2H3,(H,49,55). The number of benzene rings is 3. The average molecular weight is 897 g/mol. The van der Waals surface area contributed by atoms with Crippen molar-refractivity contribution < 1.29 is 27.6 Å². The van der Waals surface area contributed by atoms with Crippen LogP contribution in [-0.2, 0) is 14.8 Å². The van der Waals surface area contributed by atoms with Gasteiger partial charge in [-0.3, -0.25) is 19.8 Å². The lowest BCUT2D eigenvalue weighted by Crippen LogP contribution is -2.47. The Morgan fingerprint density at radius 1 is 1.03 bits per heavy atom. The minimum absolute atomic E-state index is 0.0537. The highest BCUT2D eigenvalue weighted by Crippen LogP contribution is 2.43. The number of sulfonamides is 1. The SMILES string of the molecule is CC1(C)CCC(CN2CCN(c3ccc(C(=O)NS(=O)(=O)c4ccc(NCC5CCOCC5)c([N+](=O)[O-])c4)c(Oc4cnc5c(ccn5N=O)c4)c3)CC2)=C(c2ccc(Cl)cc2)C1. The molecular formula is C45H49ClN8O8S. The maximum Gasteiger partial charge on any atom is 0.293 e. The summed E-state index contributed by atoms with van der Waals surface area (Å²) in [6, 6.07) is 19.8. The van der Waals surface area contributed by atoms with Crippen LogP contribution in [0.5, 0.6) is 11.5 Å². The number of nitro benzene ring substituents is 1. The van der Waals surface area contributed by atoms with Crippen LogP contribution in [0.15, 0.2) is 101 Å². The molecule has 2 fully saturated rings. The third-order valence-corrected chi connectivity index (χ3v) is 13.7. The van der Waals surface area contributed by atoms with E-state index in [9.17, 15) is 28.2 Å². The monoisotopic (exact) mass is 896 g/mol. The number of nitrogens with one attached hydrogen (secondary N) is 2. The molecule has 16 nitrogen and oxygen atoms in total. The summed E-state index contributed by atoms with van der Waals surface area (Å²) in [6.45, 7) is 10.1. The zero-order chi connectivity index (χ0) is 44.3. The lowest BCUT2D eigenvalue weighted by Gasteiger charge is -2.39. The third kappa shape index (κ3) is 10.2. The van der Waals surface area contributed by atoms with Crippen molar-refractivity contribution in [3.8, 4) is 11.5 Å². The summed E-state index contributed by atoms with van der Waals surface area (Å²) in [7, 11) is -4.60. The van der Waals surface area contributed by atoms with E-state index in [2.05, 4.69) is 56.1 Å². The molecule has 0 spiro atoms. The van der Waals surface area contributed by atoms with Crippen LogP contribution in [0.3, 0.4) is 0 Å². The van der Waals surface area contributed by atoms with Crippen molar-refractivity contribution in [2.45, 2.75) is 50.8 Å². The number of nitrogens with zero attached hydrogens (tertiary/aromatic N) is 6. The molecule has 63 heavy (non-hydrogen) atoms. The number of nitro groups is 1. The Bertz CT molecular complexity index is 2670. The largest absolute Gasteiger partial charge is 0.455 e. The smallest absolute Gasteiger partial charge is 0.293 e. The van der Waals surface area contributed by atoms with Crippen LogP contribution in [0, 0.1) is 26.4 Å². The Morgan fingerprint density at radius 2 is 1.79 bits per heavy atom. The van der Waals surface area contributed by atoms with Gasteiger partial charge in [0.25, 0.3) is 21.6 Å². The molecule has 2 aromatic heterocycles. The highest BCUT2D eigenvalue weighted by atomic mass is 35.5. The number of pyridine rings is 1. The molecule has 4 heterocycles. The van der Waals surface area contributed by atoms with Crippen LogP contribution in [-0.4, -0.2) is 86.3 Å². The molecule has 0 radical (unpaired) electrons. The number of piperazine rings is 1. The van der Waals surface area contributed by atoms with Gasteiger partial charge in [0.1, 0.15) is 17.2 Å². The zero-order valence-electron chi connectivity index (χ0n) is 35.1. The molecule has 18 heteroatoms. The number of amides is 1. The second-order valence-electron chi connectivity index (χ2n) is 17.1. The van der Waals surface area contributed by atoms with Crippen molar-refractivity contribution in [3.63, 3.8) is 0 Å². The summed E-state index contributed by atoms with van der Waals surface area (Å²) < 4.78 is 42.2. The number of carbonyl (C=O) groups is 1. The molecule has 1 aliphatic carbocycles. The molecule has 1 amide bonds. The topological polar surface area (TPSA) is 191 Å². The highest BCUT2D eigenvalue weighted by molar-refractivity contribution is 7.90. The highest BCUT2D eigenvalue weighted by Gasteiger charge is 2.31. The third-order valence-electron chi connectivity index (χ3n) is 12.2. The summed E-state index contributed by atoms with van der Waals surface area (Å²) in [5.41, 5.74) is 4.96. The molecule has 0 bridgehead atoms. The molecule has 3 aromatic carbocycles. The number of rotatable bonds is 14. The van der Waals surface area contributed by atoms with Gasteiger partial charge in [-0.05, 0) is 103 Å². The lowest BCUT2D eigenvalue weighted by molar-refractivity contribution is -0.384. The first-order valence-electron chi connectivity index (χ1n) is 21.0. The number of halogens is 1. The summed E-state index contributed by atoms with van der Waals surface area (Å²) in [6.07, 6.45) is 7.60. The second kappa shape index (κ2) is 18.5. The van der Waals surface area contributed by atoms with Gasteiger partial charge < -0.3 is 19.7 Å². The van der Waals surface area contributed by atoms with Crippen molar-refractivity contribution in [2.24, 2.45) is 16.6 Å². The van der Waals surface area contributed by atoms with Crippen molar-refractivity contribution in [3.05, 3.63) is 122 Å². The Kier molecular flexibility index (Phi) is 12.8. The van der Waals surface area contributed by atoms with Gasteiger partial charge in [0.15, 0.2) is 5.65 Å². The van der Waals surface area contributed by atoms with E-state index in [1.165, 1.54) is 47.3 Å². The summed E-state index contributed by atoms with van der Waals surface area (Å²) >= 11 is 6.24. The fourth-order valence-corrected chi connectivity index (χ4v) is 9.65. The number of allylic oxidation sites excluding steroid dienone is 1. The van der Waals surface area contributed by atoms with Gasteiger partial charge in [0.05, 0.1) is 26.9 Å². The van der Waals surface area contributed by atoms with E-state index < -0.39 is 31.4 Å². The first-order chi connectivity index (χ1) is 30.2. The van der Waals surface area contributed by atoms with E-state index in [4.69, 9.17) is 21.1 Å². The van der Waals surface area contributed by atoms with E-state index in [0.29, 0.717) is 48.9 Å². The lowest BCUT2D eigenvalue weighted by atomic mass is 9.72. The number of fused-ring (bicyclic) bond motifs is 1. The van der Waals surface area contributed by atoms with E-state index in [1.54, 1.807) is 24.3 Å². The van der Waals surface area contributed by atoms with Gasteiger partial charge in [0, 0.05) is 86.9 Å². The molecule has 330 valence electrons. The maximum atomic E-state index is 13.9. The Balaban J connectivity index is 1.02. The summed E-state index contributed by atoms with van der Waals surface area (Å²) in [5.74, 6) is -0.466. The molecule has 3 aliphatic rings. The number of nitroso groups, excluding NO2 is 1. The maximum absolute atomic E-state index is 13.9. The van der Waals surface area contributed by atoms with Gasteiger partial charge in [-0.15, -0.1) is 4.91 Å². The first kappa shape index (κ1) is 43.8. The fourth-order valence-electron chi connectivity index (χ4n) is 8.54. The summed E-state index contributed by atoms with van der Waals surface area (Å²) in [5, 5.41) is 19.4.